The number of benzene rings is 2. The Morgan fingerprint density at radius 2 is 1.95 bits per heavy atom. The van der Waals surface area contributed by atoms with E-state index in [0.717, 1.165) is 16.3 Å². The van der Waals surface area contributed by atoms with E-state index in [1.807, 2.05) is 24.3 Å². The van der Waals surface area contributed by atoms with Crippen molar-refractivity contribution in [1.82, 2.24) is 4.98 Å². The molecular formula is C18H11NO3. The highest BCUT2D eigenvalue weighted by Gasteiger charge is 2.27. The van der Waals surface area contributed by atoms with Gasteiger partial charge in [0, 0.05) is 29.4 Å². The zero-order valence-corrected chi connectivity index (χ0v) is 11.5. The summed E-state index contributed by atoms with van der Waals surface area (Å²) in [5.74, 6) is 0.491. The highest BCUT2D eigenvalue weighted by Crippen LogP contribution is 2.34. The topological polar surface area (TPSA) is 59.4 Å². The average molecular weight is 289 g/mol. The number of nitrogens with zero attached hydrogens (tertiary/aromatic N) is 1. The molecule has 106 valence electrons. The largest absolute Gasteiger partial charge is 0.508 e. The molecule has 2 heterocycles. The van der Waals surface area contributed by atoms with E-state index in [4.69, 9.17) is 4.74 Å². The molecule has 0 fully saturated rings. The molecule has 4 nitrogen and oxygen atoms in total. The van der Waals surface area contributed by atoms with Crippen LogP contribution in [0.4, 0.5) is 0 Å². The standard InChI is InChI=1S/C18H11NO3/c20-13-5-6-15-16(8-13)22-17(18(15)21)7-12-10-19-9-11-3-1-2-4-14(11)12/h1-10,20H. The number of phenolic OH excluding ortho intramolecular Hbond substituents is 1. The lowest BCUT2D eigenvalue weighted by molar-refractivity contribution is 0.101. The van der Waals surface area contributed by atoms with Gasteiger partial charge in [0.05, 0.1) is 5.56 Å². The third-order valence-corrected chi connectivity index (χ3v) is 3.64. The number of rotatable bonds is 1. The number of pyridine rings is 1. The van der Waals surface area contributed by atoms with E-state index >= 15 is 0 Å². The molecule has 1 N–H and O–H groups in total. The number of hydrogen-bond acceptors (Lipinski definition) is 4. The number of carbonyl (C=O) groups excluding carboxylic acids is 1. The third-order valence-electron chi connectivity index (χ3n) is 3.64. The predicted octanol–water partition coefficient (Wildman–Crippen LogP) is 3.56. The van der Waals surface area contributed by atoms with Gasteiger partial charge in [0.1, 0.15) is 11.5 Å². The molecule has 4 heteroatoms. The number of fused-ring (bicyclic) bond motifs is 2. The summed E-state index contributed by atoms with van der Waals surface area (Å²) in [7, 11) is 0. The maximum absolute atomic E-state index is 12.4. The first-order valence-corrected chi connectivity index (χ1v) is 6.82. The number of ether oxygens (including phenoxy) is 1. The fourth-order valence-corrected chi connectivity index (χ4v) is 2.57. The number of ketones is 1. The molecule has 4 rings (SSSR count). The summed E-state index contributed by atoms with van der Waals surface area (Å²) < 4.78 is 5.58. The highest BCUT2D eigenvalue weighted by molar-refractivity contribution is 6.15. The molecule has 3 aromatic rings. The molecular weight excluding hydrogens is 278 g/mol. The minimum atomic E-state index is -0.192. The number of Topliss-reactive ketones (excluding diaryl/α,β-unsaturated/α-hetero) is 1. The van der Waals surface area contributed by atoms with Crippen LogP contribution in [0, 0.1) is 0 Å². The maximum Gasteiger partial charge on any atom is 0.231 e. The first-order chi connectivity index (χ1) is 10.7. The molecule has 22 heavy (non-hydrogen) atoms. The van der Waals surface area contributed by atoms with Gasteiger partial charge in [-0.2, -0.15) is 0 Å². The van der Waals surface area contributed by atoms with Crippen LogP contribution in [-0.2, 0) is 0 Å². The molecule has 0 amide bonds. The molecule has 1 aliphatic rings. The Balaban J connectivity index is 1.82. The SMILES string of the molecule is O=C1C(=Cc2cncc3ccccc23)Oc2cc(O)ccc21. The van der Waals surface area contributed by atoms with Gasteiger partial charge in [0.2, 0.25) is 5.78 Å². The molecule has 0 saturated carbocycles. The molecule has 0 saturated heterocycles. The second kappa shape index (κ2) is 4.70. The summed E-state index contributed by atoms with van der Waals surface area (Å²) in [4.78, 5) is 16.5. The Kier molecular flexibility index (Phi) is 2.69. The lowest BCUT2D eigenvalue weighted by Gasteiger charge is -2.02. The van der Waals surface area contributed by atoms with Gasteiger partial charge in [0.25, 0.3) is 0 Å². The first kappa shape index (κ1) is 12.6. The molecule has 0 bridgehead atoms. The van der Waals surface area contributed by atoms with Crippen molar-refractivity contribution < 1.29 is 14.6 Å². The Hall–Kier alpha value is -3.14. The third kappa shape index (κ3) is 1.93. The van der Waals surface area contributed by atoms with Gasteiger partial charge in [0.15, 0.2) is 5.76 Å². The number of carbonyl (C=O) groups is 1. The van der Waals surface area contributed by atoms with Gasteiger partial charge in [-0.25, -0.2) is 0 Å². The van der Waals surface area contributed by atoms with Crippen LogP contribution in [0.25, 0.3) is 16.8 Å². The quantitative estimate of drug-likeness (QED) is 0.696. The van der Waals surface area contributed by atoms with Gasteiger partial charge in [-0.3, -0.25) is 9.78 Å². The van der Waals surface area contributed by atoms with E-state index in [-0.39, 0.29) is 17.3 Å². The molecule has 0 spiro atoms. The summed E-state index contributed by atoms with van der Waals surface area (Å²) >= 11 is 0. The summed E-state index contributed by atoms with van der Waals surface area (Å²) in [6.07, 6.45) is 5.17. The van der Waals surface area contributed by atoms with Crippen molar-refractivity contribution in [2.75, 3.05) is 0 Å². The molecule has 0 aliphatic carbocycles. The number of allylic oxidation sites excluding steroid dienone is 1. The van der Waals surface area contributed by atoms with E-state index in [1.54, 1.807) is 24.5 Å². The van der Waals surface area contributed by atoms with Crippen molar-refractivity contribution >= 4 is 22.6 Å². The summed E-state index contributed by atoms with van der Waals surface area (Å²) in [6.45, 7) is 0. The zero-order chi connectivity index (χ0) is 15.1. The van der Waals surface area contributed by atoms with Crippen LogP contribution in [0.5, 0.6) is 11.5 Å². The summed E-state index contributed by atoms with van der Waals surface area (Å²) in [5, 5.41) is 11.5. The van der Waals surface area contributed by atoms with Crippen LogP contribution in [0.15, 0.2) is 60.6 Å². The molecule has 0 unspecified atom stereocenters. The Morgan fingerprint density at radius 3 is 2.86 bits per heavy atom. The normalized spacial score (nSPS) is 15.1. The minimum absolute atomic E-state index is 0.0691. The molecule has 1 aliphatic heterocycles. The fraction of sp³-hybridized carbons (Fsp3) is 0. The van der Waals surface area contributed by atoms with Gasteiger partial charge in [-0.05, 0) is 23.6 Å². The maximum atomic E-state index is 12.4. The van der Waals surface area contributed by atoms with E-state index in [2.05, 4.69) is 4.98 Å². The lowest BCUT2D eigenvalue weighted by Crippen LogP contribution is -1.98. The van der Waals surface area contributed by atoms with Crippen molar-refractivity contribution in [3.8, 4) is 11.5 Å². The van der Waals surface area contributed by atoms with Crippen molar-refractivity contribution in [2.45, 2.75) is 0 Å². The second-order valence-corrected chi connectivity index (χ2v) is 5.07. The molecule has 2 aromatic carbocycles. The van der Waals surface area contributed by atoms with Gasteiger partial charge < -0.3 is 9.84 Å². The zero-order valence-electron chi connectivity index (χ0n) is 11.5. The summed E-state index contributed by atoms with van der Waals surface area (Å²) in [6, 6.07) is 12.3. The van der Waals surface area contributed by atoms with Crippen LogP contribution < -0.4 is 4.74 Å². The number of hydrogen-bond donors (Lipinski definition) is 1. The van der Waals surface area contributed by atoms with Crippen LogP contribution in [-0.4, -0.2) is 15.9 Å². The monoisotopic (exact) mass is 289 g/mol. The Morgan fingerprint density at radius 1 is 1.09 bits per heavy atom. The van der Waals surface area contributed by atoms with Gasteiger partial charge in [-0.1, -0.05) is 24.3 Å². The minimum Gasteiger partial charge on any atom is -0.508 e. The second-order valence-electron chi connectivity index (χ2n) is 5.07. The van der Waals surface area contributed by atoms with Gasteiger partial charge >= 0.3 is 0 Å². The number of phenols is 1. The fourth-order valence-electron chi connectivity index (χ4n) is 2.57. The van der Waals surface area contributed by atoms with Crippen molar-refractivity contribution in [1.29, 1.82) is 0 Å². The molecule has 0 radical (unpaired) electrons. The average Bonchev–Trinajstić information content (AvgIpc) is 2.83. The summed E-state index contributed by atoms with van der Waals surface area (Å²) in [5.41, 5.74) is 1.27. The Labute approximate surface area is 126 Å². The first-order valence-electron chi connectivity index (χ1n) is 6.82. The van der Waals surface area contributed by atoms with Crippen molar-refractivity contribution in [3.05, 3.63) is 71.7 Å². The number of aromatic hydroxyl groups is 1. The van der Waals surface area contributed by atoms with Crippen LogP contribution in [0.2, 0.25) is 0 Å². The molecule has 1 aromatic heterocycles. The van der Waals surface area contributed by atoms with E-state index in [1.165, 1.54) is 12.1 Å². The van der Waals surface area contributed by atoms with E-state index < -0.39 is 0 Å². The van der Waals surface area contributed by atoms with E-state index in [9.17, 15) is 9.90 Å². The predicted molar refractivity (Wildman–Crippen MR) is 82.8 cm³/mol. The Bertz CT molecular complexity index is 939. The lowest BCUT2D eigenvalue weighted by atomic mass is 10.1. The van der Waals surface area contributed by atoms with E-state index in [0.29, 0.717) is 11.3 Å². The van der Waals surface area contributed by atoms with Crippen molar-refractivity contribution in [2.24, 2.45) is 0 Å². The van der Waals surface area contributed by atoms with Crippen LogP contribution in [0.3, 0.4) is 0 Å². The van der Waals surface area contributed by atoms with Crippen molar-refractivity contribution in [3.63, 3.8) is 0 Å². The smallest absolute Gasteiger partial charge is 0.231 e. The van der Waals surface area contributed by atoms with Crippen LogP contribution >= 0.6 is 0 Å². The highest BCUT2D eigenvalue weighted by atomic mass is 16.5. The van der Waals surface area contributed by atoms with Gasteiger partial charge in [-0.15, -0.1) is 0 Å². The number of aromatic nitrogens is 1. The molecule has 0 atom stereocenters. The van der Waals surface area contributed by atoms with Crippen LogP contribution in [0.1, 0.15) is 15.9 Å².